The van der Waals surface area contributed by atoms with Crippen molar-refractivity contribution in [1.82, 2.24) is 4.98 Å². The third-order valence-corrected chi connectivity index (χ3v) is 1.22. The zero-order valence-corrected chi connectivity index (χ0v) is 14.4. The van der Waals surface area contributed by atoms with Gasteiger partial charge in [0.05, 0.1) is 0 Å². The van der Waals surface area contributed by atoms with Gasteiger partial charge in [-0.2, -0.15) is 0 Å². The summed E-state index contributed by atoms with van der Waals surface area (Å²) in [5, 5.41) is 0. The summed E-state index contributed by atoms with van der Waals surface area (Å²) in [4.78, 5) is 3.78. The van der Waals surface area contributed by atoms with Crippen LogP contribution in [0.4, 0.5) is 0 Å². The molecule has 0 saturated heterocycles. The molecule has 0 bridgehead atoms. The summed E-state index contributed by atoms with van der Waals surface area (Å²) in [5.41, 5.74) is 0. The number of rotatable bonds is 0. The van der Waals surface area contributed by atoms with Crippen LogP contribution in [0.2, 0.25) is 0 Å². The van der Waals surface area contributed by atoms with Crippen LogP contribution in [0, 0.1) is 0 Å². The lowest BCUT2D eigenvalue weighted by atomic mass is 10.5. The van der Waals surface area contributed by atoms with Gasteiger partial charge in [0, 0.05) is 12.4 Å². The van der Waals surface area contributed by atoms with Crippen molar-refractivity contribution in [2.75, 3.05) is 0 Å². The van der Waals surface area contributed by atoms with E-state index in [0.29, 0.717) is 0 Å². The van der Waals surface area contributed by atoms with E-state index in [-0.39, 0.29) is 0 Å². The topological polar surface area (TPSA) is 12.9 Å². The van der Waals surface area contributed by atoms with Crippen LogP contribution < -0.4 is 0 Å². The van der Waals surface area contributed by atoms with E-state index in [9.17, 15) is 0 Å². The zero-order chi connectivity index (χ0) is 15.8. The van der Waals surface area contributed by atoms with E-state index in [0.717, 1.165) is 6.42 Å². The summed E-state index contributed by atoms with van der Waals surface area (Å²) in [6, 6.07) is 5.72. The summed E-state index contributed by atoms with van der Waals surface area (Å²) in [7, 11) is 0. The van der Waals surface area contributed by atoms with Crippen LogP contribution in [-0.2, 0) is 0 Å². The second kappa shape index (κ2) is 43.8. The average molecular weight is 265 g/mol. The van der Waals surface area contributed by atoms with E-state index in [1.54, 1.807) is 12.4 Å². The molecule has 1 heterocycles. The second-order valence-electron chi connectivity index (χ2n) is 2.12. The van der Waals surface area contributed by atoms with E-state index in [2.05, 4.69) is 29.3 Å². The Labute approximate surface area is 122 Å². The van der Waals surface area contributed by atoms with Crippen molar-refractivity contribution in [3.63, 3.8) is 0 Å². The van der Waals surface area contributed by atoms with Crippen molar-refractivity contribution in [3.05, 3.63) is 54.9 Å². The molecule has 1 aliphatic carbocycles. The molecule has 1 heteroatoms. The van der Waals surface area contributed by atoms with Gasteiger partial charge >= 0.3 is 0 Å². The van der Waals surface area contributed by atoms with Crippen LogP contribution >= 0.6 is 0 Å². The number of allylic oxidation sites excluding steroid dienone is 4. The van der Waals surface area contributed by atoms with Gasteiger partial charge in [0.25, 0.3) is 0 Å². The Hall–Kier alpha value is -1.37. The van der Waals surface area contributed by atoms with E-state index >= 15 is 0 Å². The van der Waals surface area contributed by atoms with Gasteiger partial charge in [0.15, 0.2) is 0 Å². The van der Waals surface area contributed by atoms with Gasteiger partial charge in [0.1, 0.15) is 0 Å². The van der Waals surface area contributed by atoms with Crippen LogP contribution in [-0.4, -0.2) is 4.98 Å². The molecule has 0 amide bonds. The summed E-state index contributed by atoms with van der Waals surface area (Å²) < 4.78 is 0. The number of hydrogen-bond donors (Lipinski definition) is 0. The van der Waals surface area contributed by atoms with Crippen LogP contribution in [0.1, 0.15) is 61.8 Å². The molecule has 0 N–H and O–H groups in total. The van der Waals surface area contributed by atoms with Gasteiger partial charge in [-0.3, -0.25) is 4.98 Å². The maximum atomic E-state index is 3.78. The molecule has 0 unspecified atom stereocenters. The largest absolute Gasteiger partial charge is 0.265 e. The molecular formula is C18H35N. The fraction of sp³-hybridized carbons (Fsp3) is 0.500. The van der Waals surface area contributed by atoms with Crippen LogP contribution in [0.25, 0.3) is 0 Å². The number of hydrogen-bond acceptors (Lipinski definition) is 1. The first-order valence-corrected chi connectivity index (χ1v) is 7.67. The van der Waals surface area contributed by atoms with E-state index in [1.807, 2.05) is 73.6 Å². The number of pyridine rings is 1. The van der Waals surface area contributed by atoms with Gasteiger partial charge in [-0.05, 0) is 18.6 Å². The molecule has 1 aliphatic rings. The van der Waals surface area contributed by atoms with Gasteiger partial charge in [0.2, 0.25) is 0 Å². The monoisotopic (exact) mass is 265 g/mol. The fourth-order valence-electron chi connectivity index (χ4n) is 0.705. The molecule has 0 radical (unpaired) electrons. The molecular weight excluding hydrogens is 230 g/mol. The highest BCUT2D eigenvalue weighted by Gasteiger charge is 1.72. The molecule has 0 saturated carbocycles. The summed E-state index contributed by atoms with van der Waals surface area (Å²) in [6.07, 6.45) is 13.0. The van der Waals surface area contributed by atoms with Crippen LogP contribution in [0.3, 0.4) is 0 Å². The highest BCUT2D eigenvalue weighted by Crippen LogP contribution is 1.93. The lowest BCUT2D eigenvalue weighted by Crippen LogP contribution is -1.58. The van der Waals surface area contributed by atoms with Gasteiger partial charge in [-0.15, -0.1) is 0 Å². The maximum Gasteiger partial charge on any atom is 0.0267 e. The molecule has 1 nitrogen and oxygen atoms in total. The molecule has 0 aromatic carbocycles. The lowest BCUT2D eigenvalue weighted by Gasteiger charge is -1.70. The summed E-state index contributed by atoms with van der Waals surface area (Å²) in [6.45, 7) is 16.0. The summed E-state index contributed by atoms with van der Waals surface area (Å²) in [5.74, 6) is 0. The Morgan fingerprint density at radius 2 is 0.947 bits per heavy atom. The predicted molar refractivity (Wildman–Crippen MR) is 92.5 cm³/mol. The Bertz CT molecular complexity index is 188. The van der Waals surface area contributed by atoms with Gasteiger partial charge in [-0.1, -0.05) is 85.8 Å². The SMILES string of the molecule is C1=CCC=C1.CC.CC.CC.CC.c1ccncc1. The number of aromatic nitrogens is 1. The first-order valence-electron chi connectivity index (χ1n) is 7.67. The van der Waals surface area contributed by atoms with Gasteiger partial charge < -0.3 is 0 Å². The van der Waals surface area contributed by atoms with Crippen LogP contribution in [0.15, 0.2) is 54.9 Å². The third-order valence-electron chi connectivity index (χ3n) is 1.22. The van der Waals surface area contributed by atoms with Crippen molar-refractivity contribution in [1.29, 1.82) is 0 Å². The Morgan fingerprint density at radius 3 is 1.05 bits per heavy atom. The molecule has 0 atom stereocenters. The van der Waals surface area contributed by atoms with Crippen molar-refractivity contribution in [2.45, 2.75) is 61.8 Å². The van der Waals surface area contributed by atoms with Crippen molar-refractivity contribution >= 4 is 0 Å². The standard InChI is InChI=1S/C5H5N.C5H6.4C2H6/c1-2-4-6-5-3-1;1-2-4-5-3-1;4*1-2/h1-5H;1-4H,5H2;4*1-2H3. The molecule has 0 aliphatic heterocycles. The first kappa shape index (κ1) is 26.2. The quantitative estimate of drug-likeness (QED) is 0.509. The van der Waals surface area contributed by atoms with E-state index in [4.69, 9.17) is 0 Å². The molecule has 112 valence electrons. The lowest BCUT2D eigenvalue weighted by molar-refractivity contribution is 1.33. The normalized spacial score (nSPS) is 8.42. The Balaban J connectivity index is -0.0000000790. The van der Waals surface area contributed by atoms with Crippen molar-refractivity contribution < 1.29 is 0 Å². The third kappa shape index (κ3) is 38.4. The molecule has 19 heavy (non-hydrogen) atoms. The second-order valence-corrected chi connectivity index (χ2v) is 2.12. The Morgan fingerprint density at radius 1 is 0.579 bits per heavy atom. The average Bonchev–Trinajstić information content (AvgIpc) is 3.16. The minimum Gasteiger partial charge on any atom is -0.265 e. The molecule has 0 fully saturated rings. The fourth-order valence-corrected chi connectivity index (χ4v) is 0.705. The first-order chi connectivity index (χ1) is 9.50. The number of nitrogens with zero attached hydrogens (tertiary/aromatic N) is 1. The smallest absolute Gasteiger partial charge is 0.0267 e. The minimum atomic E-state index is 1.14. The minimum absolute atomic E-state index is 1.14. The summed E-state index contributed by atoms with van der Waals surface area (Å²) >= 11 is 0. The highest BCUT2D eigenvalue weighted by atomic mass is 14.6. The van der Waals surface area contributed by atoms with Crippen molar-refractivity contribution in [2.24, 2.45) is 0 Å². The Kier molecular flexibility index (Phi) is 60.5. The molecule has 1 aromatic rings. The molecule has 0 spiro atoms. The van der Waals surface area contributed by atoms with E-state index < -0.39 is 0 Å². The predicted octanol–water partition coefficient (Wildman–Crippen LogP) is 6.69. The van der Waals surface area contributed by atoms with E-state index in [1.165, 1.54) is 0 Å². The highest BCUT2D eigenvalue weighted by molar-refractivity contribution is 5.11. The zero-order valence-electron chi connectivity index (χ0n) is 14.4. The maximum absolute atomic E-state index is 3.78. The van der Waals surface area contributed by atoms with Crippen LogP contribution in [0.5, 0.6) is 0 Å². The van der Waals surface area contributed by atoms with Gasteiger partial charge in [-0.25, -0.2) is 0 Å². The van der Waals surface area contributed by atoms with Crippen molar-refractivity contribution in [3.8, 4) is 0 Å². The molecule has 1 aromatic heterocycles. The molecule has 2 rings (SSSR count).